The Bertz CT molecular complexity index is 494. The van der Waals surface area contributed by atoms with Crippen LogP contribution in [0.3, 0.4) is 0 Å². The highest BCUT2D eigenvalue weighted by molar-refractivity contribution is 7.89. The van der Waals surface area contributed by atoms with E-state index in [2.05, 4.69) is 0 Å². The van der Waals surface area contributed by atoms with Crippen molar-refractivity contribution in [1.29, 1.82) is 0 Å². The monoisotopic (exact) mass is 287 g/mol. The second-order valence-corrected chi connectivity index (χ2v) is 7.17. The molecule has 1 aliphatic carbocycles. The number of hydrogen-bond donors (Lipinski definition) is 0. The van der Waals surface area contributed by atoms with Gasteiger partial charge in [-0.2, -0.15) is 0 Å². The van der Waals surface area contributed by atoms with Gasteiger partial charge in [0.05, 0.1) is 4.90 Å². The van der Waals surface area contributed by atoms with E-state index in [1.54, 1.807) is 31.3 Å². The van der Waals surface area contributed by atoms with E-state index in [-0.39, 0.29) is 0 Å². The molecule has 2 rings (SSSR count). The highest BCUT2D eigenvalue weighted by atomic mass is 35.5. The SMILES string of the molecule is CN(CC1CCC1)S(=O)(=O)c1ccc(CCl)cc1. The van der Waals surface area contributed by atoms with Crippen molar-refractivity contribution < 1.29 is 8.42 Å². The molecule has 0 unspecified atom stereocenters. The van der Waals surface area contributed by atoms with Crippen molar-refractivity contribution in [2.45, 2.75) is 30.0 Å². The van der Waals surface area contributed by atoms with Crippen molar-refractivity contribution in [3.8, 4) is 0 Å². The Balaban J connectivity index is 2.12. The maximum Gasteiger partial charge on any atom is 0.242 e. The third-order valence-electron chi connectivity index (χ3n) is 3.53. The van der Waals surface area contributed by atoms with E-state index in [1.807, 2.05) is 0 Å². The molecule has 1 saturated carbocycles. The Labute approximate surface area is 114 Å². The summed E-state index contributed by atoms with van der Waals surface area (Å²) in [7, 11) is -1.69. The van der Waals surface area contributed by atoms with Gasteiger partial charge in [0.15, 0.2) is 0 Å². The van der Waals surface area contributed by atoms with Gasteiger partial charge in [0.1, 0.15) is 0 Å². The van der Waals surface area contributed by atoms with Gasteiger partial charge in [-0.3, -0.25) is 0 Å². The largest absolute Gasteiger partial charge is 0.242 e. The molecule has 18 heavy (non-hydrogen) atoms. The maximum absolute atomic E-state index is 12.3. The fraction of sp³-hybridized carbons (Fsp3) is 0.538. The third-order valence-corrected chi connectivity index (χ3v) is 5.67. The molecule has 0 saturated heterocycles. The quantitative estimate of drug-likeness (QED) is 0.781. The van der Waals surface area contributed by atoms with Crippen LogP contribution in [-0.4, -0.2) is 26.3 Å². The van der Waals surface area contributed by atoms with Gasteiger partial charge in [0.2, 0.25) is 10.0 Å². The van der Waals surface area contributed by atoms with Gasteiger partial charge in [-0.1, -0.05) is 18.6 Å². The molecule has 1 aromatic carbocycles. The summed E-state index contributed by atoms with van der Waals surface area (Å²) >= 11 is 5.69. The van der Waals surface area contributed by atoms with Gasteiger partial charge in [0.25, 0.3) is 0 Å². The molecule has 0 N–H and O–H groups in total. The van der Waals surface area contributed by atoms with Crippen LogP contribution in [0.25, 0.3) is 0 Å². The zero-order valence-electron chi connectivity index (χ0n) is 10.5. The summed E-state index contributed by atoms with van der Waals surface area (Å²) in [5.74, 6) is 0.935. The average molecular weight is 288 g/mol. The van der Waals surface area contributed by atoms with Crippen molar-refractivity contribution in [2.75, 3.05) is 13.6 Å². The van der Waals surface area contributed by atoms with Gasteiger partial charge < -0.3 is 0 Å². The Morgan fingerprint density at radius 1 is 1.28 bits per heavy atom. The van der Waals surface area contributed by atoms with E-state index in [0.717, 1.165) is 18.4 Å². The predicted molar refractivity (Wildman–Crippen MR) is 73.2 cm³/mol. The number of sulfonamides is 1. The Morgan fingerprint density at radius 2 is 1.89 bits per heavy atom. The number of benzene rings is 1. The zero-order chi connectivity index (χ0) is 13.2. The summed E-state index contributed by atoms with van der Waals surface area (Å²) in [5, 5.41) is 0. The van der Waals surface area contributed by atoms with E-state index in [4.69, 9.17) is 11.6 Å². The zero-order valence-corrected chi connectivity index (χ0v) is 12.0. The first-order valence-electron chi connectivity index (χ1n) is 6.15. The van der Waals surface area contributed by atoms with E-state index in [1.165, 1.54) is 10.7 Å². The lowest BCUT2D eigenvalue weighted by Crippen LogP contribution is -2.34. The van der Waals surface area contributed by atoms with Crippen LogP contribution in [0.1, 0.15) is 24.8 Å². The minimum Gasteiger partial charge on any atom is -0.207 e. The molecular weight excluding hydrogens is 270 g/mol. The lowest BCUT2D eigenvalue weighted by Gasteiger charge is -2.29. The summed E-state index contributed by atoms with van der Waals surface area (Å²) in [4.78, 5) is 0.346. The third kappa shape index (κ3) is 2.87. The van der Waals surface area contributed by atoms with Crippen LogP contribution in [0.4, 0.5) is 0 Å². The second-order valence-electron chi connectivity index (χ2n) is 4.86. The number of alkyl halides is 1. The van der Waals surface area contributed by atoms with Gasteiger partial charge in [-0.25, -0.2) is 12.7 Å². The van der Waals surface area contributed by atoms with E-state index in [0.29, 0.717) is 23.2 Å². The lowest BCUT2D eigenvalue weighted by atomic mass is 9.86. The molecular formula is C13H18ClNO2S. The average Bonchev–Trinajstić information content (AvgIpc) is 2.33. The number of rotatable bonds is 5. The molecule has 0 heterocycles. The molecule has 1 fully saturated rings. The van der Waals surface area contributed by atoms with E-state index in [9.17, 15) is 8.42 Å². The molecule has 0 aliphatic heterocycles. The van der Waals surface area contributed by atoms with Crippen molar-refractivity contribution in [3.63, 3.8) is 0 Å². The van der Waals surface area contributed by atoms with E-state index < -0.39 is 10.0 Å². The first kappa shape index (κ1) is 13.8. The smallest absolute Gasteiger partial charge is 0.207 e. The number of halogens is 1. The molecule has 0 bridgehead atoms. The van der Waals surface area contributed by atoms with Crippen LogP contribution in [0.2, 0.25) is 0 Å². The van der Waals surface area contributed by atoms with Crippen molar-refractivity contribution in [3.05, 3.63) is 29.8 Å². The topological polar surface area (TPSA) is 37.4 Å². The molecule has 3 nitrogen and oxygen atoms in total. The van der Waals surface area contributed by atoms with Gasteiger partial charge in [-0.05, 0) is 36.5 Å². The number of hydrogen-bond acceptors (Lipinski definition) is 2. The molecule has 1 aliphatic rings. The minimum atomic E-state index is -3.34. The van der Waals surface area contributed by atoms with Crippen molar-refractivity contribution >= 4 is 21.6 Å². The molecule has 0 atom stereocenters. The van der Waals surface area contributed by atoms with E-state index >= 15 is 0 Å². The highest BCUT2D eigenvalue weighted by Gasteiger charge is 2.26. The summed E-state index contributed by atoms with van der Waals surface area (Å²) in [6, 6.07) is 6.78. The standard InChI is InChI=1S/C13H18ClNO2S/c1-15(10-12-3-2-4-12)18(16,17)13-7-5-11(9-14)6-8-13/h5-8,12H,2-4,9-10H2,1H3. The highest BCUT2D eigenvalue weighted by Crippen LogP contribution is 2.28. The second kappa shape index (κ2) is 5.59. The van der Waals surface area contributed by atoms with Gasteiger partial charge in [-0.15, -0.1) is 11.6 Å². The first-order chi connectivity index (χ1) is 8.54. The van der Waals surface area contributed by atoms with Gasteiger partial charge in [0, 0.05) is 19.5 Å². The summed E-state index contributed by atoms with van der Waals surface area (Å²) in [6.07, 6.45) is 3.51. The summed E-state index contributed by atoms with van der Waals surface area (Å²) < 4.78 is 26.1. The summed E-state index contributed by atoms with van der Waals surface area (Å²) in [5.41, 5.74) is 0.928. The van der Waals surface area contributed by atoms with Crippen LogP contribution in [0, 0.1) is 5.92 Å². The fourth-order valence-electron chi connectivity index (χ4n) is 2.07. The molecule has 5 heteroatoms. The molecule has 0 radical (unpaired) electrons. The molecule has 0 spiro atoms. The molecule has 0 aromatic heterocycles. The van der Waals surface area contributed by atoms with Crippen LogP contribution in [0.5, 0.6) is 0 Å². The van der Waals surface area contributed by atoms with Gasteiger partial charge >= 0.3 is 0 Å². The first-order valence-corrected chi connectivity index (χ1v) is 8.12. The van der Waals surface area contributed by atoms with Crippen LogP contribution >= 0.6 is 11.6 Å². The minimum absolute atomic E-state index is 0.346. The number of nitrogens with zero attached hydrogens (tertiary/aromatic N) is 1. The molecule has 1 aromatic rings. The van der Waals surface area contributed by atoms with Crippen molar-refractivity contribution in [1.82, 2.24) is 4.31 Å². The lowest BCUT2D eigenvalue weighted by molar-refractivity contribution is 0.263. The Hall–Kier alpha value is -0.580. The maximum atomic E-state index is 12.3. The van der Waals surface area contributed by atoms with Crippen LogP contribution < -0.4 is 0 Å². The normalized spacial score (nSPS) is 16.8. The Kier molecular flexibility index (Phi) is 4.30. The fourth-order valence-corrected chi connectivity index (χ4v) is 3.49. The van der Waals surface area contributed by atoms with Crippen LogP contribution in [0.15, 0.2) is 29.2 Å². The van der Waals surface area contributed by atoms with Crippen molar-refractivity contribution in [2.24, 2.45) is 5.92 Å². The molecule has 100 valence electrons. The predicted octanol–water partition coefficient (Wildman–Crippen LogP) is 2.85. The molecule has 0 amide bonds. The van der Waals surface area contributed by atoms with Crippen LogP contribution in [-0.2, 0) is 15.9 Å². The summed E-state index contributed by atoms with van der Waals surface area (Å²) in [6.45, 7) is 0.625. The Morgan fingerprint density at radius 3 is 2.33 bits per heavy atom.